The highest BCUT2D eigenvalue weighted by Crippen LogP contribution is 2.34. The molecule has 2 fully saturated rings. The summed E-state index contributed by atoms with van der Waals surface area (Å²) < 4.78 is 5.79. The Morgan fingerprint density at radius 1 is 1.33 bits per heavy atom. The third kappa shape index (κ3) is 2.66. The Balaban J connectivity index is 1.64. The van der Waals surface area contributed by atoms with E-state index in [2.05, 4.69) is 4.98 Å². The van der Waals surface area contributed by atoms with E-state index in [1.165, 1.54) is 0 Å². The quantitative estimate of drug-likeness (QED) is 0.907. The van der Waals surface area contributed by atoms with Crippen molar-refractivity contribution in [2.24, 2.45) is 5.92 Å². The van der Waals surface area contributed by atoms with E-state index in [0.29, 0.717) is 29.4 Å². The van der Waals surface area contributed by atoms with Crippen LogP contribution in [0.1, 0.15) is 23.3 Å². The zero-order valence-electron chi connectivity index (χ0n) is 13.2. The smallest absolute Gasteiger partial charge is 0.272 e. The maximum absolute atomic E-state index is 13.0. The number of para-hydroxylation sites is 1. The number of halogens is 1. The first kappa shape index (κ1) is 15.8. The number of fused-ring (bicyclic) bond motifs is 2. The molecule has 2 heterocycles. The molecule has 0 unspecified atom stereocenters. The molecule has 1 aromatic heterocycles. The molecule has 5 nitrogen and oxygen atoms in total. The number of benzene rings is 1. The molecular formula is C18H19ClN2O3. The van der Waals surface area contributed by atoms with Gasteiger partial charge in [0, 0.05) is 18.5 Å². The lowest BCUT2D eigenvalue weighted by Crippen LogP contribution is -2.51. The second-order valence-corrected chi connectivity index (χ2v) is 6.91. The van der Waals surface area contributed by atoms with Crippen molar-refractivity contribution in [1.82, 2.24) is 9.88 Å². The summed E-state index contributed by atoms with van der Waals surface area (Å²) in [5.74, 6) is 0.112. The maximum Gasteiger partial charge on any atom is 0.272 e. The summed E-state index contributed by atoms with van der Waals surface area (Å²) in [6, 6.07) is 9.23. The van der Waals surface area contributed by atoms with Crippen LogP contribution in [0.25, 0.3) is 10.9 Å². The van der Waals surface area contributed by atoms with Gasteiger partial charge in [-0.05, 0) is 30.9 Å². The molecule has 126 valence electrons. The van der Waals surface area contributed by atoms with Crippen molar-refractivity contribution in [2.45, 2.75) is 25.0 Å². The summed E-state index contributed by atoms with van der Waals surface area (Å²) in [5.41, 5.74) is 1.05. The Labute approximate surface area is 145 Å². The molecule has 1 aliphatic carbocycles. The fourth-order valence-electron chi connectivity index (χ4n) is 3.83. The average Bonchev–Trinajstić information content (AvgIpc) is 3.04. The van der Waals surface area contributed by atoms with E-state index in [4.69, 9.17) is 16.3 Å². The Hall–Kier alpha value is -1.69. The molecule has 24 heavy (non-hydrogen) atoms. The number of pyridine rings is 1. The number of aromatic nitrogens is 1. The molecule has 1 saturated heterocycles. The zero-order valence-corrected chi connectivity index (χ0v) is 13.9. The van der Waals surface area contributed by atoms with Crippen molar-refractivity contribution in [3.05, 3.63) is 41.0 Å². The topological polar surface area (TPSA) is 62.7 Å². The number of amides is 1. The van der Waals surface area contributed by atoms with Gasteiger partial charge >= 0.3 is 0 Å². The van der Waals surface area contributed by atoms with Crippen molar-refractivity contribution in [3.63, 3.8) is 0 Å². The molecule has 1 saturated carbocycles. The zero-order chi connectivity index (χ0) is 16.7. The van der Waals surface area contributed by atoms with Gasteiger partial charge in [-0.3, -0.25) is 4.79 Å². The lowest BCUT2D eigenvalue weighted by atomic mass is 10.1. The molecule has 0 radical (unpaired) electrons. The van der Waals surface area contributed by atoms with Crippen LogP contribution in [-0.4, -0.2) is 52.8 Å². The van der Waals surface area contributed by atoms with Crippen molar-refractivity contribution in [1.29, 1.82) is 0 Å². The van der Waals surface area contributed by atoms with Crippen LogP contribution >= 0.6 is 11.6 Å². The summed E-state index contributed by atoms with van der Waals surface area (Å²) >= 11 is 6.21. The van der Waals surface area contributed by atoms with Gasteiger partial charge in [-0.25, -0.2) is 4.98 Å². The average molecular weight is 347 g/mol. The van der Waals surface area contributed by atoms with Crippen LogP contribution in [0.2, 0.25) is 5.02 Å². The Morgan fingerprint density at radius 3 is 3.04 bits per heavy atom. The number of carbonyl (C=O) groups is 1. The van der Waals surface area contributed by atoms with Crippen molar-refractivity contribution >= 4 is 28.4 Å². The van der Waals surface area contributed by atoms with E-state index in [0.717, 1.165) is 18.2 Å². The van der Waals surface area contributed by atoms with Gasteiger partial charge in [0.1, 0.15) is 5.69 Å². The fraction of sp³-hybridized carbons (Fsp3) is 0.444. The number of aliphatic hydroxyl groups excluding tert-OH is 1. The Morgan fingerprint density at radius 2 is 2.21 bits per heavy atom. The van der Waals surface area contributed by atoms with Crippen LogP contribution in [-0.2, 0) is 4.74 Å². The van der Waals surface area contributed by atoms with Crippen LogP contribution in [0.4, 0.5) is 0 Å². The lowest BCUT2D eigenvalue weighted by Gasteiger charge is -2.37. The lowest BCUT2D eigenvalue weighted by molar-refractivity contribution is -0.0450. The number of hydrogen-bond acceptors (Lipinski definition) is 4. The van der Waals surface area contributed by atoms with Crippen LogP contribution in [0.3, 0.4) is 0 Å². The minimum atomic E-state index is -0.0892. The molecule has 6 heteroatoms. The first-order valence-electron chi connectivity index (χ1n) is 8.26. The fourth-order valence-corrected chi connectivity index (χ4v) is 4.05. The molecule has 4 rings (SSSR count). The predicted molar refractivity (Wildman–Crippen MR) is 91.1 cm³/mol. The number of hydrogen-bond donors (Lipinski definition) is 1. The Kier molecular flexibility index (Phi) is 4.16. The van der Waals surface area contributed by atoms with Crippen LogP contribution in [0, 0.1) is 5.92 Å². The number of rotatable bonds is 2. The van der Waals surface area contributed by atoms with Crippen molar-refractivity contribution in [2.75, 3.05) is 19.8 Å². The van der Waals surface area contributed by atoms with Gasteiger partial charge in [0.25, 0.3) is 5.91 Å². The van der Waals surface area contributed by atoms with Gasteiger partial charge in [-0.15, -0.1) is 0 Å². The molecule has 2 aliphatic rings. The van der Waals surface area contributed by atoms with E-state index in [1.807, 2.05) is 23.1 Å². The van der Waals surface area contributed by atoms with Crippen molar-refractivity contribution < 1.29 is 14.6 Å². The summed E-state index contributed by atoms with van der Waals surface area (Å²) in [6.45, 7) is 1.22. The summed E-state index contributed by atoms with van der Waals surface area (Å²) in [7, 11) is 0. The van der Waals surface area contributed by atoms with Crippen LogP contribution < -0.4 is 0 Å². The maximum atomic E-state index is 13.0. The SMILES string of the molecule is O=C(c1ccc2cccc(Cl)c2n1)N1CCO[C@H]2C[C@H](CO)C[C@@H]21. The van der Waals surface area contributed by atoms with Gasteiger partial charge < -0.3 is 14.7 Å². The molecule has 1 amide bonds. The first-order valence-corrected chi connectivity index (χ1v) is 8.64. The van der Waals surface area contributed by atoms with E-state index in [9.17, 15) is 9.90 Å². The third-order valence-corrected chi connectivity index (χ3v) is 5.35. The highest BCUT2D eigenvalue weighted by atomic mass is 35.5. The summed E-state index contributed by atoms with van der Waals surface area (Å²) in [4.78, 5) is 19.3. The number of nitrogens with zero attached hydrogens (tertiary/aromatic N) is 2. The van der Waals surface area contributed by atoms with Crippen LogP contribution in [0.15, 0.2) is 30.3 Å². The third-order valence-electron chi connectivity index (χ3n) is 5.04. The number of aliphatic hydroxyl groups is 1. The molecule has 1 aromatic carbocycles. The largest absolute Gasteiger partial charge is 0.396 e. The molecular weight excluding hydrogens is 328 g/mol. The monoisotopic (exact) mass is 346 g/mol. The number of morpholine rings is 1. The normalized spacial score (nSPS) is 26.6. The predicted octanol–water partition coefficient (Wildman–Crippen LogP) is 2.50. The van der Waals surface area contributed by atoms with E-state index < -0.39 is 0 Å². The van der Waals surface area contributed by atoms with Crippen LogP contribution in [0.5, 0.6) is 0 Å². The van der Waals surface area contributed by atoms with Gasteiger partial charge in [-0.1, -0.05) is 29.8 Å². The molecule has 1 N–H and O–H groups in total. The molecule has 2 aromatic rings. The number of carbonyl (C=O) groups excluding carboxylic acids is 1. The molecule has 0 spiro atoms. The van der Waals surface area contributed by atoms with E-state index in [1.54, 1.807) is 12.1 Å². The van der Waals surface area contributed by atoms with E-state index >= 15 is 0 Å². The van der Waals surface area contributed by atoms with E-state index in [-0.39, 0.29) is 30.6 Å². The van der Waals surface area contributed by atoms with Gasteiger partial charge in [0.05, 0.1) is 29.3 Å². The number of ether oxygens (including phenoxy) is 1. The van der Waals surface area contributed by atoms with Gasteiger partial charge in [0.15, 0.2) is 0 Å². The first-order chi connectivity index (χ1) is 11.7. The van der Waals surface area contributed by atoms with Crippen molar-refractivity contribution in [3.8, 4) is 0 Å². The second kappa shape index (κ2) is 6.31. The minimum Gasteiger partial charge on any atom is -0.396 e. The minimum absolute atomic E-state index is 0.0175. The standard InChI is InChI=1S/C18H19ClN2O3/c19-13-3-1-2-12-4-5-14(20-17(12)13)18(23)21-6-7-24-16-9-11(10-22)8-15(16)21/h1-5,11,15-16,22H,6-10H2/t11-,15+,16+/m1/s1. The molecule has 0 bridgehead atoms. The summed E-state index contributed by atoms with van der Waals surface area (Å²) in [5, 5.41) is 10.9. The summed E-state index contributed by atoms with van der Waals surface area (Å²) in [6.07, 6.45) is 1.60. The molecule has 3 atom stereocenters. The van der Waals surface area contributed by atoms with Gasteiger partial charge in [-0.2, -0.15) is 0 Å². The molecule has 1 aliphatic heterocycles. The second-order valence-electron chi connectivity index (χ2n) is 6.50. The highest BCUT2D eigenvalue weighted by molar-refractivity contribution is 6.35. The highest BCUT2D eigenvalue weighted by Gasteiger charge is 2.43. The Bertz CT molecular complexity index is 782. The van der Waals surface area contributed by atoms with Gasteiger partial charge in [0.2, 0.25) is 0 Å².